The fraction of sp³-hybridized carbons (Fsp3) is 0.188. The summed E-state index contributed by atoms with van der Waals surface area (Å²) < 4.78 is 7.33. The highest BCUT2D eigenvalue weighted by Gasteiger charge is 2.14. The lowest BCUT2D eigenvalue weighted by Crippen LogP contribution is -2.15. The normalized spacial score (nSPS) is 10.6. The minimum Gasteiger partial charge on any atom is -0.403 e. The zero-order valence-corrected chi connectivity index (χ0v) is 14.4. The van der Waals surface area contributed by atoms with Gasteiger partial charge >= 0.3 is 6.01 Å². The Morgan fingerprint density at radius 1 is 1.28 bits per heavy atom. The van der Waals surface area contributed by atoms with Crippen LogP contribution in [0.5, 0.6) is 0 Å². The third-order valence-electron chi connectivity index (χ3n) is 3.24. The van der Waals surface area contributed by atoms with Crippen molar-refractivity contribution in [3.63, 3.8) is 0 Å². The molecule has 1 N–H and O–H groups in total. The molecule has 128 valence electrons. The molecular formula is C16H16N6O2S. The minimum absolute atomic E-state index is 0.0631. The monoisotopic (exact) mass is 356 g/mol. The molecule has 0 atom stereocenters. The summed E-state index contributed by atoms with van der Waals surface area (Å²) in [5.74, 6) is 1.01. The van der Waals surface area contributed by atoms with Crippen molar-refractivity contribution in [2.75, 3.05) is 11.1 Å². The fourth-order valence-electron chi connectivity index (χ4n) is 2.06. The summed E-state index contributed by atoms with van der Waals surface area (Å²) in [6, 6.07) is 9.40. The smallest absolute Gasteiger partial charge is 0.322 e. The maximum atomic E-state index is 12.1. The molecule has 0 aliphatic carbocycles. The number of benzene rings is 1. The van der Waals surface area contributed by atoms with Crippen molar-refractivity contribution in [3.8, 4) is 11.5 Å². The summed E-state index contributed by atoms with van der Waals surface area (Å²) in [4.78, 5) is 12.1. The Balaban J connectivity index is 1.58. The van der Waals surface area contributed by atoms with E-state index >= 15 is 0 Å². The second-order valence-corrected chi connectivity index (χ2v) is 5.99. The summed E-state index contributed by atoms with van der Waals surface area (Å²) in [6.07, 6.45) is 1.75. The molecule has 8 nitrogen and oxygen atoms in total. The first kappa shape index (κ1) is 16.9. The molecule has 1 aromatic carbocycles. The second-order valence-electron chi connectivity index (χ2n) is 5.04. The Labute approximate surface area is 148 Å². The number of aromatic nitrogens is 5. The van der Waals surface area contributed by atoms with Gasteiger partial charge in [0, 0.05) is 12.1 Å². The van der Waals surface area contributed by atoms with E-state index in [1.54, 1.807) is 6.08 Å². The molecular weight excluding hydrogens is 340 g/mol. The van der Waals surface area contributed by atoms with E-state index in [-0.39, 0.29) is 17.7 Å². The van der Waals surface area contributed by atoms with E-state index < -0.39 is 0 Å². The van der Waals surface area contributed by atoms with E-state index in [1.165, 1.54) is 11.8 Å². The summed E-state index contributed by atoms with van der Waals surface area (Å²) in [7, 11) is 0. The molecule has 2 heterocycles. The minimum atomic E-state index is -0.265. The Morgan fingerprint density at radius 2 is 2.08 bits per heavy atom. The topological polar surface area (TPSA) is 98.7 Å². The van der Waals surface area contributed by atoms with Crippen LogP contribution < -0.4 is 5.32 Å². The van der Waals surface area contributed by atoms with E-state index in [0.717, 1.165) is 11.4 Å². The lowest BCUT2D eigenvalue weighted by molar-refractivity contribution is -0.113. The van der Waals surface area contributed by atoms with Crippen molar-refractivity contribution in [1.29, 1.82) is 0 Å². The molecule has 0 saturated carbocycles. The van der Waals surface area contributed by atoms with Gasteiger partial charge in [-0.3, -0.25) is 10.1 Å². The number of amides is 1. The molecule has 0 bridgehead atoms. The zero-order valence-electron chi connectivity index (χ0n) is 13.5. The number of carbonyl (C=O) groups excluding carboxylic acids is 1. The van der Waals surface area contributed by atoms with Crippen LogP contribution in [0.2, 0.25) is 0 Å². The molecule has 0 aliphatic rings. The molecule has 0 spiro atoms. The van der Waals surface area contributed by atoms with Gasteiger partial charge in [0.25, 0.3) is 0 Å². The van der Waals surface area contributed by atoms with Crippen molar-refractivity contribution < 1.29 is 9.21 Å². The van der Waals surface area contributed by atoms with Crippen LogP contribution in [0.3, 0.4) is 0 Å². The van der Waals surface area contributed by atoms with Gasteiger partial charge in [-0.25, -0.2) is 0 Å². The number of rotatable bonds is 7. The number of nitrogens with zero attached hydrogens (tertiary/aromatic N) is 5. The number of thioether (sulfide) groups is 1. The molecule has 2 aromatic heterocycles. The largest absolute Gasteiger partial charge is 0.403 e. The van der Waals surface area contributed by atoms with E-state index in [0.29, 0.717) is 17.6 Å². The Morgan fingerprint density at radius 3 is 2.84 bits per heavy atom. The third kappa shape index (κ3) is 4.13. The van der Waals surface area contributed by atoms with Crippen LogP contribution in [-0.4, -0.2) is 36.6 Å². The molecule has 0 unspecified atom stereocenters. The van der Waals surface area contributed by atoms with Crippen molar-refractivity contribution in [2.45, 2.75) is 18.6 Å². The highest BCUT2D eigenvalue weighted by molar-refractivity contribution is 7.99. The molecule has 0 radical (unpaired) electrons. The third-order valence-corrected chi connectivity index (χ3v) is 4.20. The number of nitrogens with one attached hydrogen (secondary N) is 1. The van der Waals surface area contributed by atoms with Gasteiger partial charge in [-0.1, -0.05) is 41.1 Å². The Hall–Kier alpha value is -2.94. The van der Waals surface area contributed by atoms with Crippen LogP contribution in [0, 0.1) is 6.92 Å². The maximum absolute atomic E-state index is 12.1. The average Bonchev–Trinajstić information content (AvgIpc) is 3.22. The molecule has 1 amide bonds. The summed E-state index contributed by atoms with van der Waals surface area (Å²) in [6.45, 7) is 6.15. The highest BCUT2D eigenvalue weighted by Crippen LogP contribution is 2.20. The van der Waals surface area contributed by atoms with Crippen molar-refractivity contribution in [1.82, 2.24) is 25.0 Å². The van der Waals surface area contributed by atoms with Crippen LogP contribution in [0.1, 0.15) is 5.82 Å². The number of hydrogen-bond acceptors (Lipinski definition) is 7. The van der Waals surface area contributed by atoms with Gasteiger partial charge in [0.1, 0.15) is 5.82 Å². The van der Waals surface area contributed by atoms with Crippen LogP contribution in [0.25, 0.3) is 11.5 Å². The summed E-state index contributed by atoms with van der Waals surface area (Å²) >= 11 is 1.28. The van der Waals surface area contributed by atoms with Crippen LogP contribution >= 0.6 is 11.8 Å². The first-order valence-corrected chi connectivity index (χ1v) is 8.48. The van der Waals surface area contributed by atoms with Gasteiger partial charge in [0.05, 0.1) is 5.75 Å². The predicted octanol–water partition coefficient (Wildman–Crippen LogP) is 2.55. The van der Waals surface area contributed by atoms with E-state index in [1.807, 2.05) is 41.8 Å². The van der Waals surface area contributed by atoms with Crippen LogP contribution in [-0.2, 0) is 11.3 Å². The molecule has 25 heavy (non-hydrogen) atoms. The molecule has 3 aromatic rings. The predicted molar refractivity (Wildman–Crippen MR) is 94.0 cm³/mol. The van der Waals surface area contributed by atoms with Crippen molar-refractivity contribution in [3.05, 3.63) is 48.8 Å². The van der Waals surface area contributed by atoms with Gasteiger partial charge in [-0.05, 0) is 19.1 Å². The maximum Gasteiger partial charge on any atom is 0.322 e. The van der Waals surface area contributed by atoms with Crippen molar-refractivity contribution in [2.24, 2.45) is 0 Å². The first-order valence-electron chi connectivity index (χ1n) is 7.49. The fourth-order valence-corrected chi connectivity index (χ4v) is 2.86. The molecule has 3 rings (SSSR count). The van der Waals surface area contributed by atoms with Gasteiger partial charge < -0.3 is 8.98 Å². The standard InChI is InChI=1S/C16H16N6O2S/c1-3-9-22-11(2)18-21-16(22)25-10-13(23)17-15-20-19-14(24-15)12-7-5-4-6-8-12/h3-8H,1,9-10H2,2H3,(H,17,20,23). The molecule has 0 aliphatic heterocycles. The van der Waals surface area contributed by atoms with E-state index in [2.05, 4.69) is 32.3 Å². The number of aryl methyl sites for hydroxylation is 1. The number of anilines is 1. The lowest BCUT2D eigenvalue weighted by atomic mass is 10.2. The first-order chi connectivity index (χ1) is 12.2. The van der Waals surface area contributed by atoms with Gasteiger partial charge in [0.15, 0.2) is 5.16 Å². The SMILES string of the molecule is C=CCn1c(C)nnc1SCC(=O)Nc1nnc(-c2ccccc2)o1. The second kappa shape index (κ2) is 7.75. The highest BCUT2D eigenvalue weighted by atomic mass is 32.2. The Bertz CT molecular complexity index is 874. The van der Waals surface area contributed by atoms with Gasteiger partial charge in [-0.15, -0.1) is 21.9 Å². The van der Waals surface area contributed by atoms with E-state index in [9.17, 15) is 4.79 Å². The lowest BCUT2D eigenvalue weighted by Gasteiger charge is -2.04. The molecule has 9 heteroatoms. The van der Waals surface area contributed by atoms with E-state index in [4.69, 9.17) is 4.42 Å². The van der Waals surface area contributed by atoms with Gasteiger partial charge in [-0.2, -0.15) is 0 Å². The zero-order chi connectivity index (χ0) is 17.6. The quantitative estimate of drug-likeness (QED) is 0.513. The molecule has 0 saturated heterocycles. The number of hydrogen-bond donors (Lipinski definition) is 1. The summed E-state index contributed by atoms with van der Waals surface area (Å²) in [5, 5.41) is 19.1. The van der Waals surface area contributed by atoms with Crippen LogP contribution in [0.15, 0.2) is 52.6 Å². The van der Waals surface area contributed by atoms with Crippen molar-refractivity contribution >= 4 is 23.7 Å². The molecule has 0 fully saturated rings. The average molecular weight is 356 g/mol. The number of carbonyl (C=O) groups is 1. The van der Waals surface area contributed by atoms with Crippen LogP contribution in [0.4, 0.5) is 6.01 Å². The number of allylic oxidation sites excluding steroid dienone is 1. The summed E-state index contributed by atoms with van der Waals surface area (Å²) in [5.41, 5.74) is 0.790. The Kier molecular flexibility index (Phi) is 5.24. The van der Waals surface area contributed by atoms with Gasteiger partial charge in [0.2, 0.25) is 11.8 Å².